The van der Waals surface area contributed by atoms with Crippen molar-refractivity contribution in [2.24, 2.45) is 0 Å². The summed E-state index contributed by atoms with van der Waals surface area (Å²) in [5.74, 6) is 0.587. The minimum absolute atomic E-state index is 0.298. The number of pyridine rings is 1. The third-order valence-electron chi connectivity index (χ3n) is 1.74. The molecule has 0 atom stereocenters. The number of hydrogen-bond donors (Lipinski definition) is 0. The van der Waals surface area contributed by atoms with Gasteiger partial charge in [-0.25, -0.2) is 4.98 Å². The van der Waals surface area contributed by atoms with Crippen molar-refractivity contribution in [1.82, 2.24) is 15.0 Å². The monoisotopic (exact) mass is 255 g/mol. The maximum absolute atomic E-state index is 5.76. The Morgan fingerprint density at radius 2 is 1.94 bits per heavy atom. The first-order valence-corrected chi connectivity index (χ1v) is 5.19. The second-order valence-electron chi connectivity index (χ2n) is 2.96. The smallest absolute Gasteiger partial charge is 0.147 e. The van der Waals surface area contributed by atoms with E-state index in [9.17, 15) is 0 Å². The minimum atomic E-state index is 0.298. The Morgan fingerprint density at radius 3 is 2.62 bits per heavy atom. The summed E-state index contributed by atoms with van der Waals surface area (Å²) in [4.78, 5) is 11.8. The van der Waals surface area contributed by atoms with Crippen LogP contribution >= 0.6 is 23.2 Å². The van der Waals surface area contributed by atoms with Crippen molar-refractivity contribution in [3.8, 4) is 5.75 Å². The molecule has 2 heterocycles. The molecule has 0 unspecified atom stereocenters. The van der Waals surface area contributed by atoms with Gasteiger partial charge >= 0.3 is 0 Å². The summed E-state index contributed by atoms with van der Waals surface area (Å²) in [6.45, 7) is 0.298. The van der Waals surface area contributed by atoms with Gasteiger partial charge in [0.05, 0.1) is 29.3 Å². The molecule has 0 aliphatic carbocycles. The average Bonchev–Trinajstić information content (AvgIpc) is 2.28. The Bertz CT molecular complexity index is 476. The molecule has 0 saturated heterocycles. The molecule has 4 nitrogen and oxygen atoms in total. The van der Waals surface area contributed by atoms with Gasteiger partial charge in [0, 0.05) is 12.3 Å². The lowest BCUT2D eigenvalue weighted by Gasteiger charge is -2.04. The summed E-state index contributed by atoms with van der Waals surface area (Å²) in [5, 5.41) is 0.882. The van der Waals surface area contributed by atoms with E-state index in [0.29, 0.717) is 28.2 Å². The first kappa shape index (κ1) is 11.1. The average molecular weight is 256 g/mol. The molecule has 6 heteroatoms. The Balaban J connectivity index is 1.99. The van der Waals surface area contributed by atoms with Crippen LogP contribution in [0, 0.1) is 0 Å². The van der Waals surface area contributed by atoms with Crippen molar-refractivity contribution in [1.29, 1.82) is 0 Å². The third kappa shape index (κ3) is 3.05. The molecule has 2 rings (SSSR count). The van der Waals surface area contributed by atoms with Crippen LogP contribution in [0.2, 0.25) is 10.2 Å². The fraction of sp³-hybridized carbons (Fsp3) is 0.100. The van der Waals surface area contributed by atoms with Crippen molar-refractivity contribution in [2.75, 3.05) is 0 Å². The molecular formula is C10H7Cl2N3O. The number of hydrogen-bond acceptors (Lipinski definition) is 4. The van der Waals surface area contributed by atoms with E-state index in [2.05, 4.69) is 15.0 Å². The van der Waals surface area contributed by atoms with Gasteiger partial charge in [-0.2, -0.15) is 0 Å². The Kier molecular flexibility index (Phi) is 3.54. The van der Waals surface area contributed by atoms with Gasteiger partial charge in [0.15, 0.2) is 0 Å². The number of rotatable bonds is 3. The minimum Gasteiger partial charge on any atom is -0.486 e. The first-order chi connectivity index (χ1) is 7.74. The summed E-state index contributed by atoms with van der Waals surface area (Å²) in [6, 6.07) is 1.68. The van der Waals surface area contributed by atoms with Crippen LogP contribution in [0.4, 0.5) is 0 Å². The molecule has 16 heavy (non-hydrogen) atoms. The van der Waals surface area contributed by atoms with Gasteiger partial charge in [0.2, 0.25) is 0 Å². The predicted molar refractivity (Wildman–Crippen MR) is 60.6 cm³/mol. The lowest BCUT2D eigenvalue weighted by atomic mass is 10.4. The highest BCUT2D eigenvalue weighted by Crippen LogP contribution is 2.16. The molecule has 0 saturated carbocycles. The Morgan fingerprint density at radius 1 is 1.06 bits per heavy atom. The lowest BCUT2D eigenvalue weighted by molar-refractivity contribution is 0.299. The largest absolute Gasteiger partial charge is 0.486 e. The van der Waals surface area contributed by atoms with Crippen molar-refractivity contribution < 1.29 is 4.74 Å². The summed E-state index contributed by atoms with van der Waals surface area (Å²) >= 11 is 11.4. The zero-order valence-corrected chi connectivity index (χ0v) is 9.61. The number of ether oxygens (including phenoxy) is 1. The van der Waals surface area contributed by atoms with E-state index in [1.54, 1.807) is 18.5 Å². The molecule has 0 spiro atoms. The topological polar surface area (TPSA) is 47.9 Å². The van der Waals surface area contributed by atoms with Gasteiger partial charge in [0.1, 0.15) is 17.5 Å². The number of nitrogens with zero attached hydrogens (tertiary/aromatic N) is 3. The SMILES string of the molecule is Clc1cncc(OCc2cnc(Cl)cn2)c1. The van der Waals surface area contributed by atoms with Gasteiger partial charge in [0.25, 0.3) is 0 Å². The maximum Gasteiger partial charge on any atom is 0.147 e. The molecule has 0 radical (unpaired) electrons. The van der Waals surface area contributed by atoms with E-state index < -0.39 is 0 Å². The second-order valence-corrected chi connectivity index (χ2v) is 3.78. The summed E-state index contributed by atoms with van der Waals surface area (Å²) in [5.41, 5.74) is 0.685. The first-order valence-electron chi connectivity index (χ1n) is 4.44. The van der Waals surface area contributed by atoms with Crippen LogP contribution in [0.3, 0.4) is 0 Å². The molecular weight excluding hydrogens is 249 g/mol. The third-order valence-corrected chi connectivity index (χ3v) is 2.14. The zero-order chi connectivity index (χ0) is 11.4. The highest BCUT2D eigenvalue weighted by atomic mass is 35.5. The van der Waals surface area contributed by atoms with Crippen LogP contribution < -0.4 is 4.74 Å². The fourth-order valence-corrected chi connectivity index (χ4v) is 1.30. The zero-order valence-electron chi connectivity index (χ0n) is 8.10. The van der Waals surface area contributed by atoms with E-state index in [0.717, 1.165) is 0 Å². The normalized spacial score (nSPS) is 10.1. The standard InChI is InChI=1S/C10H7Cl2N3O/c11-7-1-9(4-13-2-7)16-6-8-3-15-10(12)5-14-8/h1-5H,6H2. The molecule has 2 aromatic rings. The van der Waals surface area contributed by atoms with E-state index >= 15 is 0 Å². The van der Waals surface area contributed by atoms with Crippen molar-refractivity contribution in [2.45, 2.75) is 6.61 Å². The Labute approximate surface area is 102 Å². The molecule has 0 aliphatic heterocycles. The maximum atomic E-state index is 5.76. The summed E-state index contributed by atoms with van der Waals surface area (Å²) in [6.07, 6.45) is 6.14. The van der Waals surface area contributed by atoms with Crippen molar-refractivity contribution in [3.05, 3.63) is 46.7 Å². The van der Waals surface area contributed by atoms with Crippen LogP contribution in [0.25, 0.3) is 0 Å². The molecule has 0 aromatic carbocycles. The predicted octanol–water partition coefficient (Wildman–Crippen LogP) is 2.76. The van der Waals surface area contributed by atoms with E-state index in [-0.39, 0.29) is 0 Å². The Hall–Kier alpha value is -1.39. The van der Waals surface area contributed by atoms with Crippen molar-refractivity contribution in [3.63, 3.8) is 0 Å². The molecule has 0 fully saturated rings. The lowest BCUT2D eigenvalue weighted by Crippen LogP contribution is -1.99. The van der Waals surface area contributed by atoms with E-state index in [1.165, 1.54) is 12.4 Å². The van der Waals surface area contributed by atoms with Crippen LogP contribution in [-0.4, -0.2) is 15.0 Å². The van der Waals surface area contributed by atoms with Gasteiger partial charge in [-0.3, -0.25) is 9.97 Å². The van der Waals surface area contributed by atoms with Crippen molar-refractivity contribution >= 4 is 23.2 Å². The molecule has 0 aliphatic rings. The van der Waals surface area contributed by atoms with Crippen LogP contribution in [0.1, 0.15) is 5.69 Å². The number of halogens is 2. The summed E-state index contributed by atoms with van der Waals surface area (Å²) < 4.78 is 5.42. The van der Waals surface area contributed by atoms with Crippen LogP contribution in [0.15, 0.2) is 30.9 Å². The van der Waals surface area contributed by atoms with E-state index in [4.69, 9.17) is 27.9 Å². The van der Waals surface area contributed by atoms with Gasteiger partial charge in [-0.15, -0.1) is 0 Å². The molecule has 0 N–H and O–H groups in total. The second kappa shape index (κ2) is 5.09. The fourth-order valence-electron chi connectivity index (χ4n) is 1.04. The molecule has 2 aromatic heterocycles. The van der Waals surface area contributed by atoms with Gasteiger partial charge < -0.3 is 4.74 Å². The van der Waals surface area contributed by atoms with E-state index in [1.807, 2.05) is 0 Å². The molecule has 0 bridgehead atoms. The highest BCUT2D eigenvalue weighted by molar-refractivity contribution is 6.30. The van der Waals surface area contributed by atoms with Crippen LogP contribution in [-0.2, 0) is 6.61 Å². The molecule has 82 valence electrons. The van der Waals surface area contributed by atoms with Gasteiger partial charge in [-0.1, -0.05) is 23.2 Å². The van der Waals surface area contributed by atoms with Gasteiger partial charge in [-0.05, 0) is 0 Å². The summed E-state index contributed by atoms with van der Waals surface area (Å²) in [7, 11) is 0. The number of aromatic nitrogens is 3. The highest BCUT2D eigenvalue weighted by Gasteiger charge is 1.99. The molecule has 0 amide bonds. The van der Waals surface area contributed by atoms with Crippen LogP contribution in [0.5, 0.6) is 5.75 Å². The quantitative estimate of drug-likeness (QED) is 0.847.